The second kappa shape index (κ2) is 6.13. The van der Waals surface area contributed by atoms with Crippen LogP contribution in [0.5, 0.6) is 5.75 Å². The van der Waals surface area contributed by atoms with Crippen LogP contribution in [0.25, 0.3) is 16.6 Å². The molecule has 0 amide bonds. The average Bonchev–Trinajstić information content (AvgIpc) is 3.17. The van der Waals surface area contributed by atoms with Crippen molar-refractivity contribution in [2.24, 2.45) is 14.1 Å². The van der Waals surface area contributed by atoms with E-state index in [4.69, 9.17) is 4.74 Å². The van der Waals surface area contributed by atoms with Gasteiger partial charge in [-0.25, -0.2) is 4.79 Å². The monoisotopic (exact) mass is 388 g/mol. The van der Waals surface area contributed by atoms with E-state index in [1.54, 1.807) is 18.7 Å². The van der Waals surface area contributed by atoms with E-state index >= 15 is 0 Å². The van der Waals surface area contributed by atoms with Crippen molar-refractivity contribution >= 4 is 16.6 Å². The minimum atomic E-state index is -0.344. The van der Waals surface area contributed by atoms with Gasteiger partial charge in [0.25, 0.3) is 5.56 Å². The Balaban J connectivity index is 1.88. The van der Waals surface area contributed by atoms with Gasteiger partial charge in [-0.15, -0.1) is 0 Å². The Kier molecular flexibility index (Phi) is 3.67. The number of fused-ring (bicyclic) bond motifs is 5. The predicted octanol–water partition coefficient (Wildman–Crippen LogP) is 2.55. The summed E-state index contributed by atoms with van der Waals surface area (Å²) in [6.07, 6.45) is 1.84. The number of methoxy groups -OCH3 is 1. The number of hydrogen-bond donors (Lipinski definition) is 1. The fourth-order valence-corrected chi connectivity index (χ4v) is 4.15. The molecule has 0 aliphatic carbocycles. The Morgan fingerprint density at radius 2 is 1.69 bits per heavy atom. The van der Waals surface area contributed by atoms with Crippen molar-refractivity contribution in [2.45, 2.75) is 6.04 Å². The van der Waals surface area contributed by atoms with Crippen LogP contribution in [0.15, 0.2) is 64.3 Å². The number of nitrogens with zero attached hydrogens (tertiary/aromatic N) is 3. The molecule has 29 heavy (non-hydrogen) atoms. The van der Waals surface area contributed by atoms with Crippen LogP contribution in [0, 0.1) is 0 Å². The Hall–Kier alpha value is -3.74. The lowest BCUT2D eigenvalue weighted by atomic mass is 9.99. The maximum atomic E-state index is 12.9. The Labute approximate surface area is 166 Å². The summed E-state index contributed by atoms with van der Waals surface area (Å²) in [5, 5.41) is 4.10. The molecular formula is C22H20N4O3. The number of anilines is 1. The molecule has 2 aromatic carbocycles. The van der Waals surface area contributed by atoms with Crippen LogP contribution in [0.3, 0.4) is 0 Å². The summed E-state index contributed by atoms with van der Waals surface area (Å²) < 4.78 is 10.0. The molecule has 0 saturated carbocycles. The highest BCUT2D eigenvalue weighted by molar-refractivity contribution is 5.86. The zero-order valence-corrected chi connectivity index (χ0v) is 16.3. The molecule has 1 aliphatic heterocycles. The number of nitrogens with one attached hydrogen (secondary N) is 1. The van der Waals surface area contributed by atoms with Crippen LogP contribution in [0.4, 0.5) is 5.69 Å². The van der Waals surface area contributed by atoms with Crippen molar-refractivity contribution in [2.75, 3.05) is 12.4 Å². The second-order valence-corrected chi connectivity index (χ2v) is 7.22. The number of aromatic nitrogens is 3. The zero-order chi connectivity index (χ0) is 20.3. The van der Waals surface area contributed by atoms with Crippen molar-refractivity contribution < 1.29 is 4.74 Å². The van der Waals surface area contributed by atoms with Gasteiger partial charge in [-0.2, -0.15) is 0 Å². The van der Waals surface area contributed by atoms with Gasteiger partial charge in [-0.05, 0) is 29.8 Å². The minimum absolute atomic E-state index is 0.231. The van der Waals surface area contributed by atoms with Gasteiger partial charge >= 0.3 is 5.69 Å². The van der Waals surface area contributed by atoms with Crippen molar-refractivity contribution in [3.8, 4) is 11.4 Å². The van der Waals surface area contributed by atoms with E-state index in [-0.39, 0.29) is 17.3 Å². The standard InChI is InChI=1S/C22H20N4O3/c1-24-19-15(21(27)25(2)22(24)28)12-26-17-7-5-4-6-16(17)23-18(20(19)26)13-8-10-14(29-3)11-9-13/h4-12,18,23H,1-3H3/t18-/m1/s1. The average molecular weight is 388 g/mol. The lowest BCUT2D eigenvalue weighted by molar-refractivity contribution is 0.414. The summed E-state index contributed by atoms with van der Waals surface area (Å²) >= 11 is 0. The van der Waals surface area contributed by atoms with E-state index in [2.05, 4.69) is 5.32 Å². The van der Waals surface area contributed by atoms with E-state index in [9.17, 15) is 9.59 Å². The largest absolute Gasteiger partial charge is 0.497 e. The van der Waals surface area contributed by atoms with E-state index in [1.165, 1.54) is 7.05 Å². The lowest BCUT2D eigenvalue weighted by Gasteiger charge is -2.30. The van der Waals surface area contributed by atoms with Crippen LogP contribution < -0.4 is 21.3 Å². The quantitative estimate of drug-likeness (QED) is 0.573. The molecule has 4 aromatic rings. The van der Waals surface area contributed by atoms with Crippen LogP contribution >= 0.6 is 0 Å². The van der Waals surface area contributed by atoms with Crippen molar-refractivity contribution in [1.82, 2.24) is 13.7 Å². The first-order chi connectivity index (χ1) is 14.0. The summed E-state index contributed by atoms with van der Waals surface area (Å²) in [7, 11) is 4.85. The first kappa shape index (κ1) is 17.4. The van der Waals surface area contributed by atoms with Crippen LogP contribution in [0.2, 0.25) is 0 Å². The molecule has 0 radical (unpaired) electrons. The van der Waals surface area contributed by atoms with Gasteiger partial charge in [0.2, 0.25) is 0 Å². The topological polar surface area (TPSA) is 70.2 Å². The summed E-state index contributed by atoms with van der Waals surface area (Å²) in [6, 6.07) is 15.5. The molecule has 1 N–H and O–H groups in total. The molecule has 0 unspecified atom stereocenters. The molecule has 1 atom stereocenters. The Morgan fingerprint density at radius 3 is 2.41 bits per heavy atom. The third-order valence-corrected chi connectivity index (χ3v) is 5.65. The molecule has 0 bridgehead atoms. The van der Waals surface area contributed by atoms with Gasteiger partial charge < -0.3 is 14.6 Å². The van der Waals surface area contributed by atoms with Gasteiger partial charge in [0.1, 0.15) is 5.75 Å². The normalized spacial score (nSPS) is 14.9. The van der Waals surface area contributed by atoms with Gasteiger partial charge in [0, 0.05) is 20.3 Å². The highest BCUT2D eigenvalue weighted by Gasteiger charge is 2.30. The van der Waals surface area contributed by atoms with Crippen LogP contribution in [-0.2, 0) is 14.1 Å². The molecule has 5 rings (SSSR count). The first-order valence-electron chi connectivity index (χ1n) is 9.32. The van der Waals surface area contributed by atoms with E-state index in [1.807, 2.05) is 59.3 Å². The first-order valence-corrected chi connectivity index (χ1v) is 9.32. The lowest BCUT2D eigenvalue weighted by Crippen LogP contribution is -2.37. The number of para-hydroxylation sites is 2. The summed E-state index contributed by atoms with van der Waals surface area (Å²) in [6.45, 7) is 0. The van der Waals surface area contributed by atoms with Crippen molar-refractivity contribution in [3.63, 3.8) is 0 Å². The fraction of sp³-hybridized carbons (Fsp3) is 0.182. The third-order valence-electron chi connectivity index (χ3n) is 5.65. The summed E-state index contributed by atoms with van der Waals surface area (Å²) in [5.41, 5.74) is 3.78. The molecule has 1 aliphatic rings. The maximum Gasteiger partial charge on any atom is 0.331 e. The Bertz CT molecular complexity index is 1380. The molecule has 2 aromatic heterocycles. The van der Waals surface area contributed by atoms with E-state index < -0.39 is 0 Å². The van der Waals surface area contributed by atoms with E-state index in [0.717, 1.165) is 32.9 Å². The molecule has 0 fully saturated rings. The second-order valence-electron chi connectivity index (χ2n) is 7.22. The fourth-order valence-electron chi connectivity index (χ4n) is 4.15. The molecule has 7 nitrogen and oxygen atoms in total. The minimum Gasteiger partial charge on any atom is -0.497 e. The zero-order valence-electron chi connectivity index (χ0n) is 16.3. The molecule has 146 valence electrons. The molecule has 3 heterocycles. The smallest absolute Gasteiger partial charge is 0.331 e. The highest BCUT2D eigenvalue weighted by atomic mass is 16.5. The van der Waals surface area contributed by atoms with Gasteiger partial charge in [0.15, 0.2) is 0 Å². The maximum absolute atomic E-state index is 12.9. The van der Waals surface area contributed by atoms with Crippen LogP contribution in [0.1, 0.15) is 17.3 Å². The van der Waals surface area contributed by atoms with Gasteiger partial charge in [-0.1, -0.05) is 24.3 Å². The molecule has 0 saturated heterocycles. The van der Waals surface area contributed by atoms with Crippen LogP contribution in [-0.4, -0.2) is 20.8 Å². The number of hydrogen-bond acceptors (Lipinski definition) is 4. The SMILES string of the molecule is COc1ccc([C@H]2Nc3ccccc3-n3cc4c(=O)n(C)c(=O)n(C)c4c32)cc1. The molecule has 7 heteroatoms. The molecule has 0 spiro atoms. The Morgan fingerprint density at radius 1 is 0.966 bits per heavy atom. The number of aryl methyl sites for hydroxylation is 1. The van der Waals surface area contributed by atoms with Crippen molar-refractivity contribution in [3.05, 3.63) is 86.8 Å². The highest BCUT2D eigenvalue weighted by Crippen LogP contribution is 2.40. The predicted molar refractivity (Wildman–Crippen MR) is 112 cm³/mol. The summed E-state index contributed by atoms with van der Waals surface area (Å²) in [4.78, 5) is 25.5. The van der Waals surface area contributed by atoms with E-state index in [0.29, 0.717) is 10.9 Å². The third kappa shape index (κ3) is 2.37. The summed E-state index contributed by atoms with van der Waals surface area (Å²) in [5.74, 6) is 0.770. The van der Waals surface area contributed by atoms with Gasteiger partial charge in [0.05, 0.1) is 41.1 Å². The van der Waals surface area contributed by atoms with Gasteiger partial charge in [-0.3, -0.25) is 13.9 Å². The number of benzene rings is 2. The van der Waals surface area contributed by atoms with Crippen molar-refractivity contribution in [1.29, 1.82) is 0 Å². The number of ether oxygens (including phenoxy) is 1. The number of rotatable bonds is 2. The molecular weight excluding hydrogens is 368 g/mol.